The van der Waals surface area contributed by atoms with E-state index in [1.807, 2.05) is 24.3 Å². The van der Waals surface area contributed by atoms with Crippen LogP contribution in [0.3, 0.4) is 0 Å². The van der Waals surface area contributed by atoms with Crippen molar-refractivity contribution in [2.45, 2.75) is 69.1 Å². The maximum Gasteiger partial charge on any atom is 0.326 e. The summed E-state index contributed by atoms with van der Waals surface area (Å²) in [5, 5.41) is 26.9. The zero-order valence-electron chi connectivity index (χ0n) is 23.5. The van der Waals surface area contributed by atoms with Crippen molar-refractivity contribution >= 4 is 40.6 Å². The second-order valence-electron chi connectivity index (χ2n) is 10.2. The number of amides is 3. The lowest BCUT2D eigenvalue weighted by Gasteiger charge is -2.25. The molecule has 3 aromatic rings. The number of carbonyl (C=O) groups is 5. The monoisotopic (exact) mass is 598 g/mol. The van der Waals surface area contributed by atoms with Gasteiger partial charge in [0.05, 0.1) is 12.4 Å². The third-order valence-electron chi connectivity index (χ3n) is 6.90. The minimum absolute atomic E-state index is 0.00484. The van der Waals surface area contributed by atoms with Crippen molar-refractivity contribution in [2.24, 2.45) is 11.5 Å². The molecule has 0 saturated heterocycles. The maximum atomic E-state index is 13.5. The predicted molar refractivity (Wildman–Crippen MR) is 155 cm³/mol. The molecule has 0 spiro atoms. The largest absolute Gasteiger partial charge is 0.481 e. The van der Waals surface area contributed by atoms with Crippen LogP contribution in [0.25, 0.3) is 10.9 Å². The van der Waals surface area contributed by atoms with E-state index in [1.54, 1.807) is 6.20 Å². The Balaban J connectivity index is 1.74. The normalized spacial score (nSPS) is 13.9. The van der Waals surface area contributed by atoms with Crippen LogP contribution in [0, 0.1) is 0 Å². The number of para-hydroxylation sites is 1. The second-order valence-corrected chi connectivity index (χ2v) is 10.2. The van der Waals surface area contributed by atoms with Crippen LogP contribution in [0.1, 0.15) is 43.4 Å². The number of rotatable bonds is 18. The third kappa shape index (κ3) is 9.93. The number of imidazole rings is 1. The van der Waals surface area contributed by atoms with E-state index < -0.39 is 60.2 Å². The van der Waals surface area contributed by atoms with Gasteiger partial charge in [0.25, 0.3) is 0 Å². The zero-order chi connectivity index (χ0) is 31.4. The van der Waals surface area contributed by atoms with Crippen molar-refractivity contribution in [3.8, 4) is 0 Å². The minimum Gasteiger partial charge on any atom is -0.481 e. The number of nitrogens with one attached hydrogen (secondary N) is 5. The predicted octanol–water partition coefficient (Wildman–Crippen LogP) is -0.464. The Morgan fingerprint density at radius 3 is 2.23 bits per heavy atom. The lowest BCUT2D eigenvalue weighted by molar-refractivity contribution is -0.143. The number of carboxylic acids is 2. The standard InChI is InChI=1S/C28H38N8O7/c29-10-4-3-7-21(26(40)35-22(28(42)43)8-9-24(37)38)34-27(41)23(12-17-14-31-15-33-17)36-25(39)19(30)11-16-13-32-20-6-2-1-5-18(16)20/h1-2,5-6,13-15,19,21-23,32H,3-4,7-12,29-30H2,(H,31,33)(H,34,41)(H,35,40)(H,36,39)(H,37,38)(H,42,43). The van der Waals surface area contributed by atoms with Gasteiger partial charge >= 0.3 is 11.9 Å². The summed E-state index contributed by atoms with van der Waals surface area (Å²) in [7, 11) is 0. The first-order valence-electron chi connectivity index (χ1n) is 13.9. The molecule has 1 aromatic carbocycles. The number of fused-ring (bicyclic) bond motifs is 1. The van der Waals surface area contributed by atoms with E-state index in [0.717, 1.165) is 16.5 Å². The molecular formula is C28H38N8O7. The summed E-state index contributed by atoms with van der Waals surface area (Å²) in [6.45, 7) is 0.339. The highest BCUT2D eigenvalue weighted by Crippen LogP contribution is 2.19. The van der Waals surface area contributed by atoms with Crippen LogP contribution in [0.15, 0.2) is 43.0 Å². The molecule has 0 aliphatic rings. The Kier molecular flexibility index (Phi) is 12.2. The van der Waals surface area contributed by atoms with Crippen molar-refractivity contribution in [2.75, 3.05) is 6.54 Å². The van der Waals surface area contributed by atoms with Gasteiger partial charge in [-0.25, -0.2) is 9.78 Å². The molecule has 0 bridgehead atoms. The Labute approximate surface area is 247 Å². The van der Waals surface area contributed by atoms with Crippen LogP contribution >= 0.6 is 0 Å². The zero-order valence-corrected chi connectivity index (χ0v) is 23.5. The van der Waals surface area contributed by atoms with Gasteiger partial charge in [-0.3, -0.25) is 19.2 Å². The van der Waals surface area contributed by atoms with Crippen LogP contribution in [-0.2, 0) is 36.8 Å². The molecule has 11 N–H and O–H groups in total. The van der Waals surface area contributed by atoms with Crippen LogP contribution in [0.4, 0.5) is 0 Å². The molecule has 2 aromatic heterocycles. The molecule has 232 valence electrons. The summed E-state index contributed by atoms with van der Waals surface area (Å²) in [5.41, 5.74) is 14.1. The number of unbranched alkanes of at least 4 members (excludes halogenated alkanes) is 1. The molecule has 4 atom stereocenters. The van der Waals surface area contributed by atoms with Gasteiger partial charge in [-0.1, -0.05) is 18.2 Å². The molecular weight excluding hydrogens is 560 g/mol. The molecule has 0 aliphatic heterocycles. The Morgan fingerprint density at radius 2 is 1.56 bits per heavy atom. The number of carboxylic acid groups (broad SMARTS) is 2. The van der Waals surface area contributed by atoms with Gasteiger partial charge in [0, 0.05) is 41.8 Å². The Hall–Kier alpha value is -4.76. The number of hydrogen-bond donors (Lipinski definition) is 9. The molecule has 3 amide bonds. The Bertz CT molecular complexity index is 1390. The smallest absolute Gasteiger partial charge is 0.326 e. The van der Waals surface area contributed by atoms with Crippen molar-refractivity contribution in [1.29, 1.82) is 0 Å². The second kappa shape index (κ2) is 16.0. The average Bonchev–Trinajstić information content (AvgIpc) is 3.64. The summed E-state index contributed by atoms with van der Waals surface area (Å²) in [6.07, 6.45) is 5.18. The van der Waals surface area contributed by atoms with Gasteiger partial charge in [0.15, 0.2) is 0 Å². The Morgan fingerprint density at radius 1 is 0.860 bits per heavy atom. The van der Waals surface area contributed by atoms with Crippen molar-refractivity contribution in [3.63, 3.8) is 0 Å². The van der Waals surface area contributed by atoms with E-state index in [-0.39, 0.29) is 25.7 Å². The topological polar surface area (TPSA) is 258 Å². The summed E-state index contributed by atoms with van der Waals surface area (Å²) in [6, 6.07) is 2.77. The van der Waals surface area contributed by atoms with Crippen molar-refractivity contribution in [1.82, 2.24) is 30.9 Å². The van der Waals surface area contributed by atoms with E-state index in [1.165, 1.54) is 12.5 Å². The van der Waals surface area contributed by atoms with Gasteiger partial charge in [0.2, 0.25) is 17.7 Å². The summed E-state index contributed by atoms with van der Waals surface area (Å²) in [5.74, 6) is -4.71. The fraction of sp³-hybridized carbons (Fsp3) is 0.429. The lowest BCUT2D eigenvalue weighted by Crippen LogP contribution is -2.57. The number of nitrogens with zero attached hydrogens (tertiary/aromatic N) is 1. The van der Waals surface area contributed by atoms with Gasteiger partial charge in [0.1, 0.15) is 18.1 Å². The van der Waals surface area contributed by atoms with Crippen molar-refractivity contribution in [3.05, 3.63) is 54.2 Å². The van der Waals surface area contributed by atoms with Crippen LogP contribution in [-0.4, -0.2) is 85.5 Å². The molecule has 15 heteroatoms. The summed E-state index contributed by atoms with van der Waals surface area (Å²) in [4.78, 5) is 72.3. The molecule has 2 heterocycles. The number of benzene rings is 1. The van der Waals surface area contributed by atoms with Crippen LogP contribution in [0.5, 0.6) is 0 Å². The molecule has 0 saturated carbocycles. The third-order valence-corrected chi connectivity index (χ3v) is 6.90. The number of carbonyl (C=O) groups excluding carboxylic acids is 3. The minimum atomic E-state index is -1.47. The molecule has 4 unspecified atom stereocenters. The van der Waals surface area contributed by atoms with E-state index in [0.29, 0.717) is 25.1 Å². The molecule has 15 nitrogen and oxygen atoms in total. The van der Waals surface area contributed by atoms with Gasteiger partial charge in [-0.05, 0) is 50.3 Å². The number of nitrogens with two attached hydrogens (primary N) is 2. The number of hydrogen-bond acceptors (Lipinski definition) is 8. The van der Waals surface area contributed by atoms with Crippen LogP contribution in [0.2, 0.25) is 0 Å². The van der Waals surface area contributed by atoms with Gasteiger partial charge in [-0.2, -0.15) is 0 Å². The quantitative estimate of drug-likeness (QED) is 0.0851. The van der Waals surface area contributed by atoms with Gasteiger partial charge in [-0.15, -0.1) is 0 Å². The lowest BCUT2D eigenvalue weighted by atomic mass is 10.0. The van der Waals surface area contributed by atoms with Crippen LogP contribution < -0.4 is 27.4 Å². The first kappa shape index (κ1) is 32.8. The number of aliphatic carboxylic acids is 2. The molecule has 0 aliphatic carbocycles. The average molecular weight is 599 g/mol. The van der Waals surface area contributed by atoms with Gasteiger partial charge < -0.3 is 47.6 Å². The first-order chi connectivity index (χ1) is 20.6. The van der Waals surface area contributed by atoms with E-state index in [9.17, 15) is 29.1 Å². The van der Waals surface area contributed by atoms with E-state index >= 15 is 0 Å². The van der Waals surface area contributed by atoms with E-state index in [2.05, 4.69) is 30.9 Å². The summed E-state index contributed by atoms with van der Waals surface area (Å²) < 4.78 is 0. The summed E-state index contributed by atoms with van der Waals surface area (Å²) >= 11 is 0. The van der Waals surface area contributed by atoms with E-state index in [4.69, 9.17) is 16.6 Å². The molecule has 0 fully saturated rings. The maximum absolute atomic E-state index is 13.5. The number of aromatic amines is 2. The molecule has 3 rings (SSSR count). The highest BCUT2D eigenvalue weighted by molar-refractivity contribution is 5.94. The van der Waals surface area contributed by atoms with Crippen molar-refractivity contribution < 1.29 is 34.2 Å². The molecule has 43 heavy (non-hydrogen) atoms. The fourth-order valence-electron chi connectivity index (χ4n) is 4.57. The highest BCUT2D eigenvalue weighted by Gasteiger charge is 2.31. The first-order valence-corrected chi connectivity index (χ1v) is 13.9. The fourth-order valence-corrected chi connectivity index (χ4v) is 4.57. The molecule has 0 radical (unpaired) electrons. The number of aromatic nitrogens is 3. The SMILES string of the molecule is NCCCCC(NC(=O)C(Cc1cnc[nH]1)NC(=O)C(N)Cc1c[nH]c2ccccc12)C(=O)NC(CCC(=O)O)C(=O)O. The highest BCUT2D eigenvalue weighted by atomic mass is 16.4. The number of H-pyrrole nitrogens is 2.